The molecular formula is C24H26Cl2N4O2. The predicted octanol–water partition coefficient (Wildman–Crippen LogP) is 5.25. The van der Waals surface area contributed by atoms with Crippen molar-refractivity contribution in [2.45, 2.75) is 40.7 Å². The molecule has 0 aliphatic carbocycles. The summed E-state index contributed by atoms with van der Waals surface area (Å²) >= 11 is 12.3. The molecule has 1 aromatic heterocycles. The van der Waals surface area contributed by atoms with Crippen molar-refractivity contribution in [3.8, 4) is 5.69 Å². The van der Waals surface area contributed by atoms with Crippen molar-refractivity contribution in [1.29, 1.82) is 0 Å². The summed E-state index contributed by atoms with van der Waals surface area (Å²) in [4.78, 5) is 24.4. The summed E-state index contributed by atoms with van der Waals surface area (Å²) in [6.07, 6.45) is 0.214. The van der Waals surface area contributed by atoms with Crippen molar-refractivity contribution in [2.75, 3.05) is 5.32 Å². The summed E-state index contributed by atoms with van der Waals surface area (Å²) in [6.45, 7) is 7.87. The first kappa shape index (κ1) is 23.8. The first-order chi connectivity index (χ1) is 15.2. The smallest absolute Gasteiger partial charge is 0.226 e. The van der Waals surface area contributed by atoms with Crippen molar-refractivity contribution >= 4 is 40.7 Å². The van der Waals surface area contributed by atoms with Crippen LogP contribution in [0.4, 0.5) is 5.69 Å². The Balaban J connectivity index is 1.63. The van der Waals surface area contributed by atoms with Crippen molar-refractivity contribution in [3.63, 3.8) is 0 Å². The quantitative estimate of drug-likeness (QED) is 0.492. The number of benzene rings is 2. The number of nitrogens with zero attached hydrogens (tertiary/aromatic N) is 2. The van der Waals surface area contributed by atoms with E-state index in [-0.39, 0.29) is 24.2 Å². The first-order valence-corrected chi connectivity index (χ1v) is 11.1. The van der Waals surface area contributed by atoms with Gasteiger partial charge in [0.25, 0.3) is 0 Å². The summed E-state index contributed by atoms with van der Waals surface area (Å²) in [5, 5.41) is 11.4. The number of carbonyl (C=O) groups is 2. The Morgan fingerprint density at radius 3 is 2.38 bits per heavy atom. The van der Waals surface area contributed by atoms with Crippen molar-refractivity contribution in [1.82, 2.24) is 15.1 Å². The third kappa shape index (κ3) is 5.69. The van der Waals surface area contributed by atoms with Crippen LogP contribution >= 0.6 is 23.2 Å². The second kappa shape index (κ2) is 10.2. The molecule has 0 bridgehead atoms. The van der Waals surface area contributed by atoms with Crippen LogP contribution in [-0.2, 0) is 22.6 Å². The monoisotopic (exact) mass is 472 g/mol. The second-order valence-corrected chi connectivity index (χ2v) is 8.79. The van der Waals surface area contributed by atoms with Crippen LogP contribution in [0.1, 0.15) is 36.4 Å². The summed E-state index contributed by atoms with van der Waals surface area (Å²) < 4.78 is 1.74. The summed E-state index contributed by atoms with van der Waals surface area (Å²) in [7, 11) is 0. The van der Waals surface area contributed by atoms with Gasteiger partial charge in [-0.25, -0.2) is 4.68 Å². The highest BCUT2D eigenvalue weighted by Crippen LogP contribution is 2.27. The minimum Gasteiger partial charge on any atom is -0.352 e. The molecule has 0 saturated carbocycles. The van der Waals surface area contributed by atoms with Gasteiger partial charge in [-0.05, 0) is 49.7 Å². The van der Waals surface area contributed by atoms with Crippen LogP contribution in [0.25, 0.3) is 5.69 Å². The van der Waals surface area contributed by atoms with E-state index in [1.807, 2.05) is 52.0 Å². The molecule has 6 nitrogen and oxygen atoms in total. The van der Waals surface area contributed by atoms with E-state index in [9.17, 15) is 9.59 Å². The molecule has 2 amide bonds. The van der Waals surface area contributed by atoms with E-state index in [0.29, 0.717) is 22.3 Å². The molecule has 0 aliphatic heterocycles. The molecule has 0 radical (unpaired) electrons. The Labute approximate surface area is 197 Å². The highest BCUT2D eigenvalue weighted by Gasteiger charge is 2.17. The van der Waals surface area contributed by atoms with E-state index in [4.69, 9.17) is 23.2 Å². The molecular weight excluding hydrogens is 447 g/mol. The van der Waals surface area contributed by atoms with Crippen molar-refractivity contribution < 1.29 is 9.59 Å². The highest BCUT2D eigenvalue weighted by atomic mass is 35.5. The minimum absolute atomic E-state index is 0.0303. The van der Waals surface area contributed by atoms with Gasteiger partial charge >= 0.3 is 0 Å². The molecule has 0 spiro atoms. The van der Waals surface area contributed by atoms with Crippen molar-refractivity contribution in [2.24, 2.45) is 5.92 Å². The zero-order chi connectivity index (χ0) is 23.4. The number of amides is 2. The van der Waals surface area contributed by atoms with Gasteiger partial charge in [-0.15, -0.1) is 0 Å². The van der Waals surface area contributed by atoms with Gasteiger partial charge in [0, 0.05) is 34.4 Å². The van der Waals surface area contributed by atoms with Crippen LogP contribution < -0.4 is 10.6 Å². The lowest BCUT2D eigenvalue weighted by Crippen LogP contribution is -2.25. The van der Waals surface area contributed by atoms with Crippen LogP contribution in [0.3, 0.4) is 0 Å². The van der Waals surface area contributed by atoms with E-state index in [1.165, 1.54) is 0 Å². The molecule has 8 heteroatoms. The average Bonchev–Trinajstić information content (AvgIpc) is 3.01. The van der Waals surface area contributed by atoms with E-state index in [2.05, 4.69) is 15.7 Å². The maximum Gasteiger partial charge on any atom is 0.226 e. The molecule has 0 fully saturated rings. The Bertz CT molecular complexity index is 1140. The molecule has 168 valence electrons. The molecule has 0 aliphatic rings. The first-order valence-electron chi connectivity index (χ1n) is 10.3. The molecule has 32 heavy (non-hydrogen) atoms. The van der Waals surface area contributed by atoms with Gasteiger partial charge in [-0.3, -0.25) is 9.59 Å². The summed E-state index contributed by atoms with van der Waals surface area (Å²) in [5.41, 5.74) is 4.88. The highest BCUT2D eigenvalue weighted by molar-refractivity contribution is 6.35. The van der Waals surface area contributed by atoms with Crippen LogP contribution in [0.2, 0.25) is 10.0 Å². The van der Waals surface area contributed by atoms with Crippen LogP contribution in [0.15, 0.2) is 42.5 Å². The second-order valence-electron chi connectivity index (χ2n) is 7.95. The zero-order valence-electron chi connectivity index (χ0n) is 18.5. The molecule has 0 unspecified atom stereocenters. The van der Waals surface area contributed by atoms with Crippen LogP contribution in [-0.4, -0.2) is 21.6 Å². The standard InChI is InChI=1S/C24H26Cl2N4O2/c1-14(2)24(32)28-19-8-5-17(6-9-19)13-27-23(31)12-20-15(3)29-30(16(20)4)22-10-7-18(25)11-21(22)26/h5-11,14H,12-13H2,1-4H3,(H,27,31)(H,28,32). The lowest BCUT2D eigenvalue weighted by molar-refractivity contribution is -0.120. The molecule has 3 aromatic rings. The maximum atomic E-state index is 12.6. The SMILES string of the molecule is Cc1nn(-c2ccc(Cl)cc2Cl)c(C)c1CC(=O)NCc1ccc(NC(=O)C(C)C)cc1. The van der Waals surface area contributed by atoms with Gasteiger partial charge < -0.3 is 10.6 Å². The van der Waals surface area contributed by atoms with Crippen molar-refractivity contribution in [3.05, 3.63) is 75.0 Å². The number of hydrogen-bond donors (Lipinski definition) is 2. The summed E-state index contributed by atoms with van der Waals surface area (Å²) in [6, 6.07) is 12.7. The molecule has 3 rings (SSSR count). The number of aromatic nitrogens is 2. The number of anilines is 1. The molecule has 1 heterocycles. The Morgan fingerprint density at radius 2 is 1.75 bits per heavy atom. The normalized spacial score (nSPS) is 11.0. The topological polar surface area (TPSA) is 76.0 Å². The average molecular weight is 473 g/mol. The number of aryl methyl sites for hydroxylation is 1. The lowest BCUT2D eigenvalue weighted by Gasteiger charge is -2.10. The minimum atomic E-state index is -0.102. The maximum absolute atomic E-state index is 12.6. The van der Waals surface area contributed by atoms with E-state index >= 15 is 0 Å². The third-order valence-electron chi connectivity index (χ3n) is 5.15. The summed E-state index contributed by atoms with van der Waals surface area (Å²) in [5.74, 6) is -0.215. The number of nitrogens with one attached hydrogen (secondary N) is 2. The van der Waals surface area contributed by atoms with Crippen LogP contribution in [0, 0.1) is 19.8 Å². The number of halogens is 2. The van der Waals surface area contributed by atoms with E-state index in [1.54, 1.807) is 22.9 Å². The predicted molar refractivity (Wildman–Crippen MR) is 129 cm³/mol. The van der Waals surface area contributed by atoms with Gasteiger partial charge in [0.2, 0.25) is 11.8 Å². The Hall–Kier alpha value is -2.83. The molecule has 2 N–H and O–H groups in total. The van der Waals surface area contributed by atoms with E-state index in [0.717, 1.165) is 28.2 Å². The number of rotatable bonds is 7. The fourth-order valence-corrected chi connectivity index (χ4v) is 3.72. The number of hydrogen-bond acceptors (Lipinski definition) is 3. The van der Waals surface area contributed by atoms with Gasteiger partial charge in [0.05, 0.1) is 22.8 Å². The molecule has 0 atom stereocenters. The largest absolute Gasteiger partial charge is 0.352 e. The lowest BCUT2D eigenvalue weighted by atomic mass is 10.1. The van der Waals surface area contributed by atoms with Crippen LogP contribution in [0.5, 0.6) is 0 Å². The molecule has 0 saturated heterocycles. The van der Waals surface area contributed by atoms with Gasteiger partial charge in [-0.1, -0.05) is 49.2 Å². The fourth-order valence-electron chi connectivity index (χ4n) is 3.23. The Kier molecular flexibility index (Phi) is 7.59. The van der Waals surface area contributed by atoms with Gasteiger partial charge in [0.1, 0.15) is 0 Å². The van der Waals surface area contributed by atoms with Gasteiger partial charge in [-0.2, -0.15) is 5.10 Å². The number of carbonyl (C=O) groups excluding carboxylic acids is 2. The zero-order valence-corrected chi connectivity index (χ0v) is 20.0. The van der Waals surface area contributed by atoms with Gasteiger partial charge in [0.15, 0.2) is 0 Å². The Morgan fingerprint density at radius 1 is 1.06 bits per heavy atom. The third-order valence-corrected chi connectivity index (χ3v) is 5.69. The fraction of sp³-hybridized carbons (Fsp3) is 0.292. The van der Waals surface area contributed by atoms with E-state index < -0.39 is 0 Å². The molecule has 2 aromatic carbocycles.